The molecule has 2 rings (SSSR count). The van der Waals surface area contributed by atoms with Gasteiger partial charge >= 0.3 is 0 Å². The van der Waals surface area contributed by atoms with Crippen LogP contribution in [0.2, 0.25) is 0 Å². The van der Waals surface area contributed by atoms with Crippen molar-refractivity contribution in [1.82, 2.24) is 5.32 Å². The van der Waals surface area contributed by atoms with Crippen LogP contribution in [0.3, 0.4) is 0 Å². The van der Waals surface area contributed by atoms with Gasteiger partial charge in [-0.2, -0.15) is 0 Å². The fourth-order valence-electron chi connectivity index (χ4n) is 1.87. The van der Waals surface area contributed by atoms with Gasteiger partial charge in [0.15, 0.2) is 11.5 Å². The zero-order valence-corrected chi connectivity index (χ0v) is 9.16. The molecular weight excluding hydrogens is 210 g/mol. The number of ether oxygens (including phenoxy) is 2. The second-order valence-corrected chi connectivity index (χ2v) is 3.49. The average Bonchev–Trinajstić information content (AvgIpc) is 2.30. The van der Waals surface area contributed by atoms with Gasteiger partial charge in [0.1, 0.15) is 0 Å². The standard InChI is InChI=1S/C11H13NO4/c1-15-8-5-7-6(3-4-12-11(7)14)9(13)10(8)16-2/h5,13H,3-4H2,1-2H3,(H,12,14). The summed E-state index contributed by atoms with van der Waals surface area (Å²) in [5.74, 6) is 0.427. The van der Waals surface area contributed by atoms with Crippen LogP contribution >= 0.6 is 0 Å². The molecule has 1 aromatic rings. The molecule has 1 heterocycles. The third-order valence-corrected chi connectivity index (χ3v) is 2.65. The first kappa shape index (κ1) is 10.6. The number of amides is 1. The largest absolute Gasteiger partial charge is 0.504 e. The van der Waals surface area contributed by atoms with Crippen molar-refractivity contribution in [3.8, 4) is 17.2 Å². The van der Waals surface area contributed by atoms with Crippen LogP contribution in [0.5, 0.6) is 17.2 Å². The van der Waals surface area contributed by atoms with E-state index in [0.29, 0.717) is 29.8 Å². The second-order valence-electron chi connectivity index (χ2n) is 3.49. The van der Waals surface area contributed by atoms with Crippen LogP contribution < -0.4 is 14.8 Å². The van der Waals surface area contributed by atoms with Crippen molar-refractivity contribution in [2.45, 2.75) is 6.42 Å². The van der Waals surface area contributed by atoms with Crippen molar-refractivity contribution in [2.24, 2.45) is 0 Å². The first-order valence-corrected chi connectivity index (χ1v) is 4.94. The molecule has 1 aromatic carbocycles. The normalized spacial score (nSPS) is 14.0. The molecule has 0 atom stereocenters. The lowest BCUT2D eigenvalue weighted by molar-refractivity contribution is 0.0944. The van der Waals surface area contributed by atoms with Gasteiger partial charge in [-0.05, 0) is 12.5 Å². The highest BCUT2D eigenvalue weighted by Crippen LogP contribution is 2.41. The Morgan fingerprint density at radius 2 is 2.12 bits per heavy atom. The lowest BCUT2D eigenvalue weighted by Crippen LogP contribution is -2.31. The summed E-state index contributed by atoms with van der Waals surface area (Å²) in [5, 5.41) is 12.7. The molecule has 16 heavy (non-hydrogen) atoms. The topological polar surface area (TPSA) is 67.8 Å². The van der Waals surface area contributed by atoms with Crippen LogP contribution in [0, 0.1) is 0 Å². The minimum absolute atomic E-state index is 0.00769. The molecule has 0 bridgehead atoms. The van der Waals surface area contributed by atoms with Gasteiger partial charge in [-0.25, -0.2) is 0 Å². The Hall–Kier alpha value is -1.91. The molecule has 2 N–H and O–H groups in total. The number of phenolic OH excluding ortho intramolecular Hbond substituents is 1. The molecule has 0 fully saturated rings. The SMILES string of the molecule is COc1cc2c(c(O)c1OC)CCNC2=O. The van der Waals surface area contributed by atoms with E-state index in [4.69, 9.17) is 9.47 Å². The molecule has 0 aromatic heterocycles. The summed E-state index contributed by atoms with van der Waals surface area (Å²) in [6.45, 7) is 0.523. The van der Waals surface area contributed by atoms with E-state index in [0.717, 1.165) is 0 Å². The average molecular weight is 223 g/mol. The van der Waals surface area contributed by atoms with Gasteiger partial charge in [0, 0.05) is 12.1 Å². The predicted molar refractivity (Wildman–Crippen MR) is 57.2 cm³/mol. The summed E-state index contributed by atoms with van der Waals surface area (Å²) in [5.41, 5.74) is 1.06. The monoisotopic (exact) mass is 223 g/mol. The number of nitrogens with one attached hydrogen (secondary N) is 1. The van der Waals surface area contributed by atoms with Crippen LogP contribution in [-0.2, 0) is 6.42 Å². The fourth-order valence-corrected chi connectivity index (χ4v) is 1.87. The quantitative estimate of drug-likeness (QED) is 0.774. The van der Waals surface area contributed by atoms with E-state index >= 15 is 0 Å². The number of methoxy groups -OCH3 is 2. The molecule has 0 spiro atoms. The van der Waals surface area contributed by atoms with E-state index in [9.17, 15) is 9.90 Å². The number of hydrogen-bond donors (Lipinski definition) is 2. The number of rotatable bonds is 2. The Morgan fingerprint density at radius 3 is 2.75 bits per heavy atom. The Kier molecular flexibility index (Phi) is 2.60. The zero-order chi connectivity index (χ0) is 11.7. The Morgan fingerprint density at radius 1 is 1.38 bits per heavy atom. The Balaban J connectivity index is 2.65. The minimum Gasteiger partial charge on any atom is -0.504 e. The lowest BCUT2D eigenvalue weighted by atomic mass is 9.98. The van der Waals surface area contributed by atoms with Crippen LogP contribution in [0.15, 0.2) is 6.07 Å². The summed E-state index contributed by atoms with van der Waals surface area (Å²) >= 11 is 0. The smallest absolute Gasteiger partial charge is 0.251 e. The molecule has 0 radical (unpaired) electrons. The molecule has 5 heteroatoms. The molecule has 0 aliphatic carbocycles. The van der Waals surface area contributed by atoms with E-state index in [2.05, 4.69) is 5.32 Å². The van der Waals surface area contributed by atoms with Crippen LogP contribution in [0.4, 0.5) is 0 Å². The number of aromatic hydroxyl groups is 1. The number of fused-ring (bicyclic) bond motifs is 1. The maximum absolute atomic E-state index is 11.6. The van der Waals surface area contributed by atoms with Gasteiger partial charge < -0.3 is 19.9 Å². The molecule has 5 nitrogen and oxygen atoms in total. The Bertz CT molecular complexity index is 442. The van der Waals surface area contributed by atoms with Gasteiger partial charge in [0.05, 0.1) is 19.8 Å². The first-order valence-electron chi connectivity index (χ1n) is 4.94. The summed E-state index contributed by atoms with van der Waals surface area (Å²) in [7, 11) is 2.91. The van der Waals surface area contributed by atoms with Gasteiger partial charge in [-0.15, -0.1) is 0 Å². The molecule has 0 saturated heterocycles. The minimum atomic E-state index is -0.197. The van der Waals surface area contributed by atoms with E-state index in [1.54, 1.807) is 6.07 Å². The molecule has 1 amide bonds. The summed E-state index contributed by atoms with van der Waals surface area (Å²) in [6, 6.07) is 1.59. The van der Waals surface area contributed by atoms with E-state index in [-0.39, 0.29) is 17.4 Å². The van der Waals surface area contributed by atoms with Crippen molar-refractivity contribution >= 4 is 5.91 Å². The van der Waals surface area contributed by atoms with E-state index in [1.807, 2.05) is 0 Å². The highest BCUT2D eigenvalue weighted by atomic mass is 16.5. The molecule has 0 unspecified atom stereocenters. The third-order valence-electron chi connectivity index (χ3n) is 2.65. The number of phenols is 1. The summed E-state index contributed by atoms with van der Waals surface area (Å²) in [6.07, 6.45) is 0.591. The molecule has 1 aliphatic rings. The molecule has 0 saturated carbocycles. The van der Waals surface area contributed by atoms with Crippen molar-refractivity contribution in [3.63, 3.8) is 0 Å². The highest BCUT2D eigenvalue weighted by molar-refractivity contribution is 5.98. The Labute approximate surface area is 93.0 Å². The molecule has 86 valence electrons. The maximum Gasteiger partial charge on any atom is 0.251 e. The lowest BCUT2D eigenvalue weighted by Gasteiger charge is -2.20. The van der Waals surface area contributed by atoms with E-state index in [1.165, 1.54) is 14.2 Å². The van der Waals surface area contributed by atoms with Crippen molar-refractivity contribution in [3.05, 3.63) is 17.2 Å². The van der Waals surface area contributed by atoms with Gasteiger partial charge in [-0.1, -0.05) is 0 Å². The van der Waals surface area contributed by atoms with Crippen LogP contribution in [-0.4, -0.2) is 31.8 Å². The number of hydrogen-bond acceptors (Lipinski definition) is 4. The third kappa shape index (κ3) is 1.44. The molecular formula is C11H13NO4. The number of carbonyl (C=O) groups excluding carboxylic acids is 1. The van der Waals surface area contributed by atoms with Crippen molar-refractivity contribution in [2.75, 3.05) is 20.8 Å². The van der Waals surface area contributed by atoms with Gasteiger partial charge in [-0.3, -0.25) is 4.79 Å². The van der Waals surface area contributed by atoms with Gasteiger partial charge in [0.25, 0.3) is 5.91 Å². The fraction of sp³-hybridized carbons (Fsp3) is 0.364. The molecule has 1 aliphatic heterocycles. The number of benzene rings is 1. The van der Waals surface area contributed by atoms with Crippen LogP contribution in [0.25, 0.3) is 0 Å². The van der Waals surface area contributed by atoms with E-state index < -0.39 is 0 Å². The first-order chi connectivity index (χ1) is 7.69. The number of carbonyl (C=O) groups is 1. The predicted octanol–water partition coefficient (Wildman–Crippen LogP) is 0.695. The van der Waals surface area contributed by atoms with Gasteiger partial charge in [0.2, 0.25) is 5.75 Å². The highest BCUT2D eigenvalue weighted by Gasteiger charge is 2.25. The van der Waals surface area contributed by atoms with Crippen molar-refractivity contribution in [1.29, 1.82) is 0 Å². The summed E-state index contributed by atoms with van der Waals surface area (Å²) in [4.78, 5) is 11.6. The maximum atomic E-state index is 11.6. The van der Waals surface area contributed by atoms with Crippen molar-refractivity contribution < 1.29 is 19.4 Å². The van der Waals surface area contributed by atoms with Crippen LogP contribution in [0.1, 0.15) is 15.9 Å². The second kappa shape index (κ2) is 3.92. The zero-order valence-electron chi connectivity index (χ0n) is 9.16. The summed E-state index contributed by atoms with van der Waals surface area (Å²) < 4.78 is 10.1.